The van der Waals surface area contributed by atoms with E-state index in [1.54, 1.807) is 49.5 Å². The van der Waals surface area contributed by atoms with E-state index in [1.807, 2.05) is 26.0 Å². The average molecular weight is 813 g/mol. The number of halogens is 3. The Bertz CT molecular complexity index is 1700. The number of rotatable bonds is 15. The molecule has 2 amide bonds. The van der Waals surface area contributed by atoms with E-state index in [9.17, 15) is 14.7 Å². The van der Waals surface area contributed by atoms with Gasteiger partial charge in [-0.1, -0.05) is 35.3 Å². The standard InChI is InChI=1S/C33H35Cl2IN4O8/c1-5-45-26-14-21(30-29(32(42)44-4)18(3)38-33(43)39-30)8-10-25(26)47-17-28(41)40-37-15-20-12-24(36)31(27(13-20)46-6-2)48-16-19-7-9-22(34)23(35)11-19/h7-15,28,30,40-41H,5-6,16-17H2,1-4H3,(H2,38,39,43)/b37-15+/t28-,30-/m1/s1. The fourth-order valence-corrected chi connectivity index (χ4v) is 5.77. The third-order valence-corrected chi connectivity index (χ3v) is 8.35. The lowest BCUT2D eigenvalue weighted by Crippen LogP contribution is -2.45. The molecular formula is C33H35Cl2IN4O8. The molecule has 4 N–H and O–H groups in total. The van der Waals surface area contributed by atoms with E-state index in [0.717, 1.165) is 9.13 Å². The van der Waals surface area contributed by atoms with Gasteiger partial charge in [-0.3, -0.25) is 5.43 Å². The smallest absolute Gasteiger partial charge is 0.337 e. The number of aliphatic hydroxyl groups is 1. The van der Waals surface area contributed by atoms with Gasteiger partial charge < -0.3 is 39.4 Å². The number of carbonyl (C=O) groups is 2. The van der Waals surface area contributed by atoms with Gasteiger partial charge >= 0.3 is 12.0 Å². The van der Waals surface area contributed by atoms with E-state index in [0.29, 0.717) is 63.1 Å². The highest BCUT2D eigenvalue weighted by Gasteiger charge is 2.32. The van der Waals surface area contributed by atoms with Crippen LogP contribution in [-0.4, -0.2) is 56.5 Å². The lowest BCUT2D eigenvalue weighted by Gasteiger charge is -2.28. The van der Waals surface area contributed by atoms with Crippen molar-refractivity contribution in [2.75, 3.05) is 26.9 Å². The van der Waals surface area contributed by atoms with Crippen molar-refractivity contribution in [2.45, 2.75) is 39.6 Å². The first-order valence-corrected chi connectivity index (χ1v) is 16.6. The number of hydrogen-bond acceptors (Lipinski definition) is 10. The SMILES string of the molecule is CCOc1cc([C@H]2NC(=O)NC(C)=C2C(=O)OC)ccc1OC[C@@H](O)N/N=C/c1cc(I)c(OCc2ccc(Cl)c(Cl)c2)c(OCC)c1. The summed E-state index contributed by atoms with van der Waals surface area (Å²) in [4.78, 5) is 24.7. The Labute approximate surface area is 301 Å². The van der Waals surface area contributed by atoms with Crippen LogP contribution < -0.4 is 35.0 Å². The number of methoxy groups -OCH3 is 1. The van der Waals surface area contributed by atoms with Crippen molar-refractivity contribution in [1.82, 2.24) is 16.1 Å². The molecule has 256 valence electrons. The van der Waals surface area contributed by atoms with Crippen LogP contribution in [-0.2, 0) is 16.1 Å². The molecule has 48 heavy (non-hydrogen) atoms. The van der Waals surface area contributed by atoms with Crippen LogP contribution in [0.25, 0.3) is 0 Å². The maximum absolute atomic E-state index is 12.5. The average Bonchev–Trinajstić information content (AvgIpc) is 3.05. The number of ether oxygens (including phenoxy) is 5. The van der Waals surface area contributed by atoms with Crippen LogP contribution in [0.3, 0.4) is 0 Å². The Morgan fingerprint density at radius 2 is 1.77 bits per heavy atom. The van der Waals surface area contributed by atoms with Crippen molar-refractivity contribution in [3.8, 4) is 23.0 Å². The van der Waals surface area contributed by atoms with E-state index < -0.39 is 24.3 Å². The number of allylic oxidation sites excluding steroid dienone is 1. The Kier molecular flexibility index (Phi) is 13.4. The summed E-state index contributed by atoms with van der Waals surface area (Å²) in [6.07, 6.45) is 0.369. The molecule has 0 saturated heterocycles. The van der Waals surface area contributed by atoms with Gasteiger partial charge in [-0.15, -0.1) is 0 Å². The van der Waals surface area contributed by atoms with Gasteiger partial charge in [0.1, 0.15) is 13.2 Å². The minimum atomic E-state index is -1.17. The number of urea groups is 1. The molecule has 0 unspecified atom stereocenters. The van der Waals surface area contributed by atoms with Gasteiger partial charge in [-0.2, -0.15) is 5.10 Å². The highest BCUT2D eigenvalue weighted by Crippen LogP contribution is 2.36. The monoisotopic (exact) mass is 812 g/mol. The highest BCUT2D eigenvalue weighted by atomic mass is 127. The van der Waals surface area contributed by atoms with E-state index >= 15 is 0 Å². The van der Waals surface area contributed by atoms with Gasteiger partial charge in [0, 0.05) is 5.70 Å². The molecule has 0 aliphatic carbocycles. The fraction of sp³-hybridized carbons (Fsp3) is 0.303. The maximum Gasteiger partial charge on any atom is 0.337 e. The summed E-state index contributed by atoms with van der Waals surface area (Å²) in [5.74, 6) is 1.24. The molecule has 0 spiro atoms. The number of hydrazone groups is 1. The molecule has 2 atom stereocenters. The number of amides is 2. The Hall–Kier alpha value is -3.92. The number of nitrogens with one attached hydrogen (secondary N) is 3. The van der Waals surface area contributed by atoms with Gasteiger partial charge in [-0.05, 0) is 96.5 Å². The van der Waals surface area contributed by atoms with E-state index in [2.05, 4.69) is 43.8 Å². The topological polar surface area (TPSA) is 149 Å². The third kappa shape index (κ3) is 9.58. The zero-order valence-corrected chi connectivity index (χ0v) is 30.2. The van der Waals surface area contributed by atoms with Crippen molar-refractivity contribution < 1.29 is 38.4 Å². The summed E-state index contributed by atoms with van der Waals surface area (Å²) in [7, 11) is 1.27. The van der Waals surface area contributed by atoms with E-state index in [4.69, 9.17) is 46.9 Å². The molecule has 0 saturated carbocycles. The van der Waals surface area contributed by atoms with E-state index in [1.165, 1.54) is 7.11 Å². The highest BCUT2D eigenvalue weighted by molar-refractivity contribution is 14.1. The van der Waals surface area contributed by atoms with Gasteiger partial charge in [0.2, 0.25) is 0 Å². The lowest BCUT2D eigenvalue weighted by atomic mass is 9.95. The predicted molar refractivity (Wildman–Crippen MR) is 190 cm³/mol. The molecule has 0 bridgehead atoms. The van der Waals surface area contributed by atoms with Crippen LogP contribution in [0, 0.1) is 3.57 Å². The minimum absolute atomic E-state index is 0.170. The molecular weight excluding hydrogens is 778 g/mol. The number of hydrogen-bond donors (Lipinski definition) is 4. The van der Waals surface area contributed by atoms with Crippen molar-refractivity contribution in [2.24, 2.45) is 5.10 Å². The largest absolute Gasteiger partial charge is 0.490 e. The molecule has 0 radical (unpaired) electrons. The van der Waals surface area contributed by atoms with Crippen LogP contribution in [0.15, 0.2) is 64.9 Å². The van der Waals surface area contributed by atoms with Gasteiger partial charge in [0.25, 0.3) is 0 Å². The Morgan fingerprint density at radius 3 is 2.48 bits per heavy atom. The summed E-state index contributed by atoms with van der Waals surface area (Å²) in [5, 5.41) is 20.9. The second kappa shape index (κ2) is 17.5. The molecule has 3 aromatic rings. The van der Waals surface area contributed by atoms with Crippen molar-refractivity contribution in [3.05, 3.63) is 90.1 Å². The summed E-state index contributed by atoms with van der Waals surface area (Å²) in [5.41, 5.74) is 5.43. The summed E-state index contributed by atoms with van der Waals surface area (Å²) < 4.78 is 29.2. The quantitative estimate of drug-likeness (QED) is 0.0470. The first-order valence-electron chi connectivity index (χ1n) is 14.8. The fourth-order valence-electron chi connectivity index (χ4n) is 4.67. The summed E-state index contributed by atoms with van der Waals surface area (Å²) >= 11 is 14.3. The molecule has 15 heteroatoms. The lowest BCUT2D eigenvalue weighted by molar-refractivity contribution is -0.136. The first-order chi connectivity index (χ1) is 23.0. The van der Waals surface area contributed by atoms with Crippen molar-refractivity contribution in [1.29, 1.82) is 0 Å². The number of carbonyl (C=O) groups excluding carboxylic acids is 2. The second-order valence-electron chi connectivity index (χ2n) is 10.2. The maximum atomic E-state index is 12.5. The van der Waals surface area contributed by atoms with Crippen LogP contribution >= 0.6 is 45.8 Å². The molecule has 12 nitrogen and oxygen atoms in total. The Morgan fingerprint density at radius 1 is 1.02 bits per heavy atom. The van der Waals surface area contributed by atoms with Crippen molar-refractivity contribution in [3.63, 3.8) is 0 Å². The molecule has 1 aliphatic rings. The molecule has 1 heterocycles. The van der Waals surface area contributed by atoms with Crippen LogP contribution in [0.2, 0.25) is 10.0 Å². The number of nitrogens with zero attached hydrogens (tertiary/aromatic N) is 1. The van der Waals surface area contributed by atoms with Crippen LogP contribution in [0.5, 0.6) is 23.0 Å². The molecule has 3 aromatic carbocycles. The Balaban J connectivity index is 1.40. The van der Waals surface area contributed by atoms with Crippen molar-refractivity contribution >= 4 is 64.0 Å². The molecule has 1 aliphatic heterocycles. The summed E-state index contributed by atoms with van der Waals surface area (Å²) in [6.45, 7) is 6.15. The number of esters is 1. The molecule has 4 rings (SSSR count). The van der Waals surface area contributed by atoms with Gasteiger partial charge in [-0.25, -0.2) is 9.59 Å². The zero-order chi connectivity index (χ0) is 34.8. The third-order valence-electron chi connectivity index (χ3n) is 6.81. The normalized spacial score (nSPS) is 15.0. The van der Waals surface area contributed by atoms with E-state index in [-0.39, 0.29) is 18.8 Å². The predicted octanol–water partition coefficient (Wildman–Crippen LogP) is 6.10. The summed E-state index contributed by atoms with van der Waals surface area (Å²) in [6, 6.07) is 12.7. The number of aliphatic hydroxyl groups excluding tert-OH is 1. The molecule has 0 aromatic heterocycles. The second-order valence-corrected chi connectivity index (χ2v) is 12.2. The van der Waals surface area contributed by atoms with Gasteiger partial charge in [0.15, 0.2) is 29.2 Å². The number of benzene rings is 3. The zero-order valence-electron chi connectivity index (χ0n) is 26.6. The van der Waals surface area contributed by atoms with Crippen LogP contribution in [0.4, 0.5) is 4.79 Å². The molecule has 0 fully saturated rings. The first kappa shape index (κ1) is 36.9. The van der Waals surface area contributed by atoms with Gasteiger partial charge in [0.05, 0.1) is 51.8 Å². The minimum Gasteiger partial charge on any atom is -0.490 e. The van der Waals surface area contributed by atoms with Crippen LogP contribution in [0.1, 0.15) is 43.5 Å².